The summed E-state index contributed by atoms with van der Waals surface area (Å²) in [6.45, 7) is 6.60. The molecule has 0 aliphatic carbocycles. The maximum absolute atomic E-state index is 4.31. The standard InChI is InChI=1S/C12H19N5/c1-5-10(8(2)3)16-11-9-6-15-17(4)12(9)14-7-13-11/h6-8,10H,5H2,1-4H3,(H,13,14,16). The van der Waals surface area contributed by atoms with Crippen LogP contribution in [0.15, 0.2) is 12.5 Å². The Labute approximate surface area is 101 Å². The molecule has 92 valence electrons. The molecule has 0 fully saturated rings. The van der Waals surface area contributed by atoms with Crippen LogP contribution in [0.2, 0.25) is 0 Å². The first-order chi connectivity index (χ1) is 8.13. The lowest BCUT2D eigenvalue weighted by Gasteiger charge is -2.21. The zero-order valence-corrected chi connectivity index (χ0v) is 10.8. The number of rotatable bonds is 4. The van der Waals surface area contributed by atoms with Crippen molar-refractivity contribution in [2.75, 3.05) is 5.32 Å². The predicted octanol–water partition coefficient (Wildman–Crippen LogP) is 2.21. The molecule has 0 saturated heterocycles. The van der Waals surface area contributed by atoms with Crippen LogP contribution >= 0.6 is 0 Å². The maximum atomic E-state index is 4.31. The van der Waals surface area contributed by atoms with Crippen molar-refractivity contribution >= 4 is 16.9 Å². The predicted molar refractivity (Wildman–Crippen MR) is 68.8 cm³/mol. The summed E-state index contributed by atoms with van der Waals surface area (Å²) in [5.41, 5.74) is 0.862. The van der Waals surface area contributed by atoms with Gasteiger partial charge in [0.05, 0.1) is 11.6 Å². The molecule has 1 N–H and O–H groups in total. The van der Waals surface area contributed by atoms with Crippen LogP contribution in [0.5, 0.6) is 0 Å². The number of nitrogens with one attached hydrogen (secondary N) is 1. The smallest absolute Gasteiger partial charge is 0.163 e. The van der Waals surface area contributed by atoms with Crippen LogP contribution in [0.25, 0.3) is 11.0 Å². The minimum absolute atomic E-state index is 0.424. The van der Waals surface area contributed by atoms with Crippen molar-refractivity contribution in [2.45, 2.75) is 33.2 Å². The van der Waals surface area contributed by atoms with Crippen molar-refractivity contribution in [3.05, 3.63) is 12.5 Å². The van der Waals surface area contributed by atoms with Crippen molar-refractivity contribution in [1.82, 2.24) is 19.7 Å². The van der Waals surface area contributed by atoms with Gasteiger partial charge in [-0.2, -0.15) is 5.10 Å². The summed E-state index contributed by atoms with van der Waals surface area (Å²) in [6, 6.07) is 0.424. The van der Waals surface area contributed by atoms with E-state index in [1.807, 2.05) is 13.2 Å². The van der Waals surface area contributed by atoms with Crippen molar-refractivity contribution < 1.29 is 0 Å². The third kappa shape index (κ3) is 2.23. The van der Waals surface area contributed by atoms with E-state index in [1.165, 1.54) is 0 Å². The number of hydrogen-bond donors (Lipinski definition) is 1. The van der Waals surface area contributed by atoms with Gasteiger partial charge in [0.15, 0.2) is 5.65 Å². The summed E-state index contributed by atoms with van der Waals surface area (Å²) in [6.07, 6.45) is 4.47. The Bertz CT molecular complexity index is 503. The molecule has 0 bridgehead atoms. The fourth-order valence-electron chi connectivity index (χ4n) is 1.99. The van der Waals surface area contributed by atoms with Gasteiger partial charge in [-0.15, -0.1) is 0 Å². The topological polar surface area (TPSA) is 55.6 Å². The van der Waals surface area contributed by atoms with Gasteiger partial charge in [0.2, 0.25) is 0 Å². The van der Waals surface area contributed by atoms with Crippen molar-refractivity contribution in [2.24, 2.45) is 13.0 Å². The van der Waals surface area contributed by atoms with Crippen LogP contribution in [-0.2, 0) is 7.05 Å². The first-order valence-corrected chi connectivity index (χ1v) is 6.02. The van der Waals surface area contributed by atoms with Gasteiger partial charge in [0.1, 0.15) is 12.1 Å². The third-order valence-electron chi connectivity index (χ3n) is 3.10. The summed E-state index contributed by atoms with van der Waals surface area (Å²) in [7, 11) is 1.89. The molecule has 0 amide bonds. The van der Waals surface area contributed by atoms with E-state index in [0.717, 1.165) is 23.3 Å². The van der Waals surface area contributed by atoms with Crippen molar-refractivity contribution in [3.63, 3.8) is 0 Å². The summed E-state index contributed by atoms with van der Waals surface area (Å²) in [4.78, 5) is 8.54. The summed E-state index contributed by atoms with van der Waals surface area (Å²) in [5, 5.41) is 8.67. The zero-order chi connectivity index (χ0) is 12.4. The van der Waals surface area contributed by atoms with E-state index in [9.17, 15) is 0 Å². The Kier molecular flexibility index (Phi) is 3.26. The molecular formula is C12H19N5. The van der Waals surface area contributed by atoms with E-state index in [2.05, 4.69) is 41.2 Å². The quantitative estimate of drug-likeness (QED) is 0.879. The molecule has 0 aromatic carbocycles. The van der Waals surface area contributed by atoms with Crippen molar-refractivity contribution in [3.8, 4) is 0 Å². The highest BCUT2D eigenvalue weighted by Gasteiger charge is 2.14. The Morgan fingerprint density at radius 2 is 2.12 bits per heavy atom. The number of hydrogen-bond acceptors (Lipinski definition) is 4. The molecule has 0 aliphatic rings. The second-order valence-electron chi connectivity index (χ2n) is 4.63. The van der Waals surface area contributed by atoms with Gasteiger partial charge in [0, 0.05) is 13.1 Å². The molecule has 17 heavy (non-hydrogen) atoms. The van der Waals surface area contributed by atoms with Crippen LogP contribution in [-0.4, -0.2) is 25.8 Å². The lowest BCUT2D eigenvalue weighted by atomic mass is 10.0. The molecule has 1 unspecified atom stereocenters. The molecule has 1 atom stereocenters. The molecule has 0 saturated carbocycles. The highest BCUT2D eigenvalue weighted by atomic mass is 15.3. The van der Waals surface area contributed by atoms with E-state index in [-0.39, 0.29) is 0 Å². The van der Waals surface area contributed by atoms with Crippen LogP contribution in [0.4, 0.5) is 5.82 Å². The number of aromatic nitrogens is 4. The lowest BCUT2D eigenvalue weighted by Crippen LogP contribution is -2.25. The summed E-state index contributed by atoms with van der Waals surface area (Å²) in [5.74, 6) is 1.45. The van der Waals surface area contributed by atoms with E-state index in [4.69, 9.17) is 0 Å². The highest BCUT2D eigenvalue weighted by molar-refractivity contribution is 5.86. The van der Waals surface area contributed by atoms with Gasteiger partial charge in [-0.05, 0) is 12.3 Å². The first-order valence-electron chi connectivity index (χ1n) is 6.02. The Balaban J connectivity index is 2.35. The van der Waals surface area contributed by atoms with Crippen LogP contribution in [0.1, 0.15) is 27.2 Å². The van der Waals surface area contributed by atoms with Gasteiger partial charge >= 0.3 is 0 Å². The normalized spacial score (nSPS) is 13.2. The fraction of sp³-hybridized carbons (Fsp3) is 0.583. The van der Waals surface area contributed by atoms with E-state index in [0.29, 0.717) is 12.0 Å². The number of aryl methyl sites for hydroxylation is 1. The minimum atomic E-state index is 0.424. The number of fused-ring (bicyclic) bond motifs is 1. The van der Waals surface area contributed by atoms with Crippen LogP contribution in [0, 0.1) is 5.92 Å². The van der Waals surface area contributed by atoms with Gasteiger partial charge in [-0.25, -0.2) is 9.97 Å². The average Bonchev–Trinajstić information content (AvgIpc) is 2.69. The van der Waals surface area contributed by atoms with Gasteiger partial charge < -0.3 is 5.32 Å². The molecular weight excluding hydrogens is 214 g/mol. The largest absolute Gasteiger partial charge is 0.366 e. The van der Waals surface area contributed by atoms with Crippen molar-refractivity contribution in [1.29, 1.82) is 0 Å². The second-order valence-corrected chi connectivity index (χ2v) is 4.63. The first kappa shape index (κ1) is 11.8. The summed E-state index contributed by atoms with van der Waals surface area (Å²) < 4.78 is 1.76. The second kappa shape index (κ2) is 4.69. The average molecular weight is 233 g/mol. The maximum Gasteiger partial charge on any atom is 0.163 e. The molecule has 0 spiro atoms. The molecule has 5 nitrogen and oxygen atoms in total. The fourth-order valence-corrected chi connectivity index (χ4v) is 1.99. The van der Waals surface area contributed by atoms with E-state index < -0.39 is 0 Å². The Hall–Kier alpha value is -1.65. The monoisotopic (exact) mass is 233 g/mol. The Morgan fingerprint density at radius 1 is 1.35 bits per heavy atom. The van der Waals surface area contributed by atoms with Gasteiger partial charge in [0.25, 0.3) is 0 Å². The SMILES string of the molecule is CCC(Nc1ncnc2c1cnn2C)C(C)C. The minimum Gasteiger partial charge on any atom is -0.366 e. The summed E-state index contributed by atoms with van der Waals surface area (Å²) >= 11 is 0. The lowest BCUT2D eigenvalue weighted by molar-refractivity contribution is 0.510. The van der Waals surface area contributed by atoms with E-state index in [1.54, 1.807) is 11.0 Å². The molecule has 0 aliphatic heterocycles. The zero-order valence-electron chi connectivity index (χ0n) is 10.8. The van der Waals surface area contributed by atoms with Crippen LogP contribution in [0.3, 0.4) is 0 Å². The van der Waals surface area contributed by atoms with Gasteiger partial charge in [-0.3, -0.25) is 4.68 Å². The molecule has 2 rings (SSSR count). The molecule has 0 radical (unpaired) electrons. The molecule has 5 heteroatoms. The molecule has 2 aromatic heterocycles. The highest BCUT2D eigenvalue weighted by Crippen LogP contribution is 2.20. The molecule has 2 aromatic rings. The van der Waals surface area contributed by atoms with Gasteiger partial charge in [-0.1, -0.05) is 20.8 Å². The third-order valence-corrected chi connectivity index (χ3v) is 3.10. The number of nitrogens with zero attached hydrogens (tertiary/aromatic N) is 4. The molecule has 2 heterocycles. The van der Waals surface area contributed by atoms with E-state index >= 15 is 0 Å². The Morgan fingerprint density at radius 3 is 2.76 bits per heavy atom. The van der Waals surface area contributed by atoms with Crippen LogP contribution < -0.4 is 5.32 Å². The number of anilines is 1.